The molecule has 1 atom stereocenters. The molecule has 0 bridgehead atoms. The molecule has 2 aromatic carbocycles. The highest BCUT2D eigenvalue weighted by molar-refractivity contribution is 7.10. The first kappa shape index (κ1) is 18.9. The molecule has 5 nitrogen and oxygen atoms in total. The Labute approximate surface area is 172 Å². The maximum Gasteiger partial charge on any atom is 0.186 e. The van der Waals surface area contributed by atoms with Gasteiger partial charge in [-0.3, -0.25) is 4.79 Å². The second-order valence-electron chi connectivity index (χ2n) is 7.00. The summed E-state index contributed by atoms with van der Waals surface area (Å²) in [5, 5.41) is 21.3. The van der Waals surface area contributed by atoms with Crippen molar-refractivity contribution in [2.24, 2.45) is 0 Å². The van der Waals surface area contributed by atoms with Crippen LogP contribution >= 0.6 is 11.3 Å². The van der Waals surface area contributed by atoms with E-state index in [-0.39, 0.29) is 5.78 Å². The predicted octanol–water partition coefficient (Wildman–Crippen LogP) is 4.86. The monoisotopic (exact) mass is 399 g/mol. The third kappa shape index (κ3) is 3.51. The van der Waals surface area contributed by atoms with E-state index >= 15 is 0 Å². The molecule has 142 valence electrons. The van der Waals surface area contributed by atoms with Crippen molar-refractivity contribution < 1.29 is 9.53 Å². The number of hydrogen-bond donors (Lipinski definition) is 0. The molecule has 0 aliphatic heterocycles. The maximum absolute atomic E-state index is 12.9. The summed E-state index contributed by atoms with van der Waals surface area (Å²) >= 11 is 1.30. The predicted molar refractivity (Wildman–Crippen MR) is 110 cm³/mol. The summed E-state index contributed by atoms with van der Waals surface area (Å²) in [7, 11) is 1.61. The fraction of sp³-hybridized carbons (Fsp3) is 0.217. The lowest BCUT2D eigenvalue weighted by Crippen LogP contribution is -2.12. The number of rotatable bonds is 6. The Kier molecular flexibility index (Phi) is 4.88. The number of nitriles is 2. The van der Waals surface area contributed by atoms with Gasteiger partial charge in [-0.25, -0.2) is 4.98 Å². The van der Waals surface area contributed by atoms with Gasteiger partial charge in [-0.1, -0.05) is 24.3 Å². The SMILES string of the molecule is COc1ccc(-c2csc(C(C#N)C(=O)c3ccc(C4(C#N)CC4)cc3)n2)cc1. The fourth-order valence-corrected chi connectivity index (χ4v) is 4.12. The molecule has 0 saturated heterocycles. The molecular formula is C23H17N3O2S. The minimum atomic E-state index is -0.955. The normalized spacial score (nSPS) is 15.0. The van der Waals surface area contributed by atoms with E-state index in [1.54, 1.807) is 19.2 Å². The minimum absolute atomic E-state index is 0.281. The molecule has 0 amide bonds. The van der Waals surface area contributed by atoms with Crippen LogP contribution < -0.4 is 4.74 Å². The van der Waals surface area contributed by atoms with Gasteiger partial charge in [0.1, 0.15) is 10.8 Å². The van der Waals surface area contributed by atoms with Crippen molar-refractivity contribution in [1.29, 1.82) is 10.5 Å². The number of benzene rings is 2. The van der Waals surface area contributed by atoms with Gasteiger partial charge in [-0.15, -0.1) is 11.3 Å². The maximum atomic E-state index is 12.9. The lowest BCUT2D eigenvalue weighted by molar-refractivity contribution is 0.0979. The quantitative estimate of drug-likeness (QED) is 0.552. The van der Waals surface area contributed by atoms with Crippen LogP contribution in [0.5, 0.6) is 5.75 Å². The average molecular weight is 399 g/mol. The van der Waals surface area contributed by atoms with Crippen LogP contribution in [0, 0.1) is 22.7 Å². The molecule has 4 rings (SSSR count). The highest BCUT2D eigenvalue weighted by Crippen LogP contribution is 2.47. The van der Waals surface area contributed by atoms with Gasteiger partial charge in [-0.05, 0) is 42.7 Å². The van der Waals surface area contributed by atoms with Gasteiger partial charge in [0.05, 0.1) is 30.4 Å². The number of methoxy groups -OCH3 is 1. The Morgan fingerprint density at radius 1 is 1.14 bits per heavy atom. The van der Waals surface area contributed by atoms with E-state index in [0.717, 1.165) is 35.4 Å². The standard InChI is InChI=1S/C23H17N3O2S/c1-28-18-8-4-15(5-9-18)20-13-29-22(26-20)19(12-24)21(27)16-2-6-17(7-3-16)23(14-25)10-11-23/h2-9,13,19H,10-11H2,1H3. The second kappa shape index (κ2) is 7.50. The van der Waals surface area contributed by atoms with Crippen LogP contribution in [0.4, 0.5) is 0 Å². The van der Waals surface area contributed by atoms with Crippen LogP contribution in [0.1, 0.15) is 39.7 Å². The van der Waals surface area contributed by atoms with E-state index in [0.29, 0.717) is 10.6 Å². The topological polar surface area (TPSA) is 86.8 Å². The van der Waals surface area contributed by atoms with Crippen molar-refractivity contribution in [3.63, 3.8) is 0 Å². The third-order valence-electron chi connectivity index (χ3n) is 5.23. The second-order valence-corrected chi connectivity index (χ2v) is 7.89. The van der Waals surface area contributed by atoms with E-state index in [1.807, 2.05) is 41.8 Å². The molecular weight excluding hydrogens is 382 g/mol. The lowest BCUT2D eigenvalue weighted by Gasteiger charge is -2.09. The summed E-state index contributed by atoms with van der Waals surface area (Å²) in [4.78, 5) is 17.4. The zero-order chi connectivity index (χ0) is 20.4. The molecule has 1 saturated carbocycles. The first-order chi connectivity index (χ1) is 14.1. The van der Waals surface area contributed by atoms with Crippen molar-refractivity contribution >= 4 is 17.1 Å². The smallest absolute Gasteiger partial charge is 0.186 e. The van der Waals surface area contributed by atoms with Gasteiger partial charge in [0.2, 0.25) is 0 Å². The third-order valence-corrected chi connectivity index (χ3v) is 6.14. The summed E-state index contributed by atoms with van der Waals surface area (Å²) in [6.45, 7) is 0. The molecule has 0 N–H and O–H groups in total. The number of ketones is 1. The summed E-state index contributed by atoms with van der Waals surface area (Å²) < 4.78 is 5.16. The lowest BCUT2D eigenvalue weighted by atomic mass is 9.93. The van der Waals surface area contributed by atoms with Crippen molar-refractivity contribution in [2.45, 2.75) is 24.2 Å². The van der Waals surface area contributed by atoms with E-state index in [9.17, 15) is 15.3 Å². The number of carbonyl (C=O) groups excluding carboxylic acids is 1. The number of aromatic nitrogens is 1. The van der Waals surface area contributed by atoms with Crippen LogP contribution in [0.25, 0.3) is 11.3 Å². The van der Waals surface area contributed by atoms with Crippen molar-refractivity contribution in [3.05, 3.63) is 70.0 Å². The molecule has 29 heavy (non-hydrogen) atoms. The number of hydrogen-bond acceptors (Lipinski definition) is 6. The minimum Gasteiger partial charge on any atom is -0.497 e. The molecule has 6 heteroatoms. The molecule has 1 aliphatic rings. The first-order valence-electron chi connectivity index (χ1n) is 9.16. The first-order valence-corrected chi connectivity index (χ1v) is 10.0. The molecule has 1 aromatic heterocycles. The van der Waals surface area contributed by atoms with Gasteiger partial charge >= 0.3 is 0 Å². The Hall–Kier alpha value is -3.48. The average Bonchev–Trinajstić information content (AvgIpc) is 3.44. The molecule has 1 fully saturated rings. The summed E-state index contributed by atoms with van der Waals surface area (Å²) in [5.41, 5.74) is 2.61. The fourth-order valence-electron chi connectivity index (χ4n) is 3.25. The summed E-state index contributed by atoms with van der Waals surface area (Å²) in [6, 6.07) is 19.0. The molecule has 1 unspecified atom stereocenters. The number of nitrogens with zero attached hydrogens (tertiary/aromatic N) is 3. The zero-order valence-corrected chi connectivity index (χ0v) is 16.6. The van der Waals surface area contributed by atoms with E-state index < -0.39 is 11.3 Å². The Balaban J connectivity index is 1.56. The Bertz CT molecular complexity index is 1130. The molecule has 0 radical (unpaired) electrons. The largest absolute Gasteiger partial charge is 0.497 e. The molecule has 0 spiro atoms. The van der Waals surface area contributed by atoms with Gasteiger partial charge in [-0.2, -0.15) is 10.5 Å². The summed E-state index contributed by atoms with van der Waals surface area (Å²) in [5.74, 6) is -0.484. The summed E-state index contributed by atoms with van der Waals surface area (Å²) in [6.07, 6.45) is 1.70. The van der Waals surface area contributed by atoms with Gasteiger partial charge in [0.15, 0.2) is 11.7 Å². The van der Waals surface area contributed by atoms with Gasteiger partial charge in [0, 0.05) is 16.5 Å². The molecule has 1 heterocycles. The zero-order valence-electron chi connectivity index (χ0n) is 15.8. The number of Topliss-reactive ketones (excluding diaryl/α,β-unsaturated/α-hetero) is 1. The number of ether oxygens (including phenoxy) is 1. The van der Waals surface area contributed by atoms with Crippen molar-refractivity contribution in [1.82, 2.24) is 4.98 Å². The van der Waals surface area contributed by atoms with E-state index in [2.05, 4.69) is 17.1 Å². The van der Waals surface area contributed by atoms with Gasteiger partial charge in [0.25, 0.3) is 0 Å². The number of carbonyl (C=O) groups is 1. The van der Waals surface area contributed by atoms with E-state index in [1.165, 1.54) is 11.3 Å². The van der Waals surface area contributed by atoms with Crippen molar-refractivity contribution in [3.8, 4) is 29.1 Å². The van der Waals surface area contributed by atoms with Crippen LogP contribution in [0.15, 0.2) is 53.9 Å². The van der Waals surface area contributed by atoms with Crippen LogP contribution in [-0.4, -0.2) is 17.9 Å². The number of thiazole rings is 1. The van der Waals surface area contributed by atoms with Crippen molar-refractivity contribution in [2.75, 3.05) is 7.11 Å². The molecule has 3 aromatic rings. The van der Waals surface area contributed by atoms with Crippen LogP contribution in [-0.2, 0) is 5.41 Å². The highest BCUT2D eigenvalue weighted by atomic mass is 32.1. The highest BCUT2D eigenvalue weighted by Gasteiger charge is 2.44. The van der Waals surface area contributed by atoms with Gasteiger partial charge < -0.3 is 4.74 Å². The van der Waals surface area contributed by atoms with Crippen LogP contribution in [0.2, 0.25) is 0 Å². The van der Waals surface area contributed by atoms with E-state index in [4.69, 9.17) is 4.74 Å². The Morgan fingerprint density at radius 3 is 2.38 bits per heavy atom. The van der Waals surface area contributed by atoms with Crippen LogP contribution in [0.3, 0.4) is 0 Å². The molecule has 1 aliphatic carbocycles. The Morgan fingerprint density at radius 2 is 1.83 bits per heavy atom.